The molecule has 0 atom stereocenters. The van der Waals surface area contributed by atoms with Crippen LogP contribution in [0.1, 0.15) is 38.5 Å². The van der Waals surface area contributed by atoms with Crippen molar-refractivity contribution in [1.29, 1.82) is 0 Å². The van der Waals surface area contributed by atoms with Gasteiger partial charge in [-0.3, -0.25) is 0 Å². The van der Waals surface area contributed by atoms with E-state index in [2.05, 4.69) is 23.5 Å². The Morgan fingerprint density at radius 3 is 2.86 bits per heavy atom. The standard InChI is InChI=1S/C13H21N/c1-2-4-12(5-3-1)6-7-13-8-10-14-11-9-13/h1-2,4,13-14H,3,5-11H2. The first kappa shape index (κ1) is 9.97. The lowest BCUT2D eigenvalue weighted by Gasteiger charge is -2.23. The van der Waals surface area contributed by atoms with Gasteiger partial charge in [-0.15, -0.1) is 0 Å². The second kappa shape index (κ2) is 5.35. The zero-order valence-corrected chi connectivity index (χ0v) is 8.97. The summed E-state index contributed by atoms with van der Waals surface area (Å²) in [6.45, 7) is 2.48. The van der Waals surface area contributed by atoms with Crippen LogP contribution in [0, 0.1) is 5.92 Å². The van der Waals surface area contributed by atoms with Crippen molar-refractivity contribution in [3.8, 4) is 0 Å². The second-order valence-corrected chi connectivity index (χ2v) is 4.52. The van der Waals surface area contributed by atoms with Crippen LogP contribution in [0.4, 0.5) is 0 Å². The quantitative estimate of drug-likeness (QED) is 0.723. The molecule has 2 rings (SSSR count). The minimum Gasteiger partial charge on any atom is -0.317 e. The number of rotatable bonds is 3. The van der Waals surface area contributed by atoms with Crippen LogP contribution in [-0.4, -0.2) is 13.1 Å². The number of hydrogen-bond donors (Lipinski definition) is 1. The maximum absolute atomic E-state index is 3.43. The predicted molar refractivity (Wildman–Crippen MR) is 61.3 cm³/mol. The van der Waals surface area contributed by atoms with E-state index < -0.39 is 0 Å². The van der Waals surface area contributed by atoms with Crippen molar-refractivity contribution >= 4 is 0 Å². The first-order chi connectivity index (χ1) is 6.95. The molecule has 78 valence electrons. The molecule has 1 aliphatic heterocycles. The third kappa shape index (κ3) is 2.98. The molecule has 0 aromatic heterocycles. The van der Waals surface area contributed by atoms with Crippen LogP contribution in [-0.2, 0) is 0 Å². The molecule has 0 radical (unpaired) electrons. The lowest BCUT2D eigenvalue weighted by atomic mass is 9.89. The average molecular weight is 191 g/mol. The molecule has 0 spiro atoms. The number of nitrogens with one attached hydrogen (secondary N) is 1. The van der Waals surface area contributed by atoms with Gasteiger partial charge in [-0.05, 0) is 57.5 Å². The number of piperidine rings is 1. The van der Waals surface area contributed by atoms with Gasteiger partial charge in [0.25, 0.3) is 0 Å². The summed E-state index contributed by atoms with van der Waals surface area (Å²) >= 11 is 0. The third-order valence-corrected chi connectivity index (χ3v) is 3.43. The van der Waals surface area contributed by atoms with Crippen LogP contribution in [0.3, 0.4) is 0 Å². The van der Waals surface area contributed by atoms with Crippen LogP contribution < -0.4 is 5.32 Å². The summed E-state index contributed by atoms with van der Waals surface area (Å²) < 4.78 is 0. The van der Waals surface area contributed by atoms with E-state index in [1.54, 1.807) is 5.57 Å². The highest BCUT2D eigenvalue weighted by molar-refractivity contribution is 5.17. The van der Waals surface area contributed by atoms with Crippen molar-refractivity contribution in [1.82, 2.24) is 5.32 Å². The van der Waals surface area contributed by atoms with Crippen molar-refractivity contribution in [2.75, 3.05) is 13.1 Å². The van der Waals surface area contributed by atoms with E-state index >= 15 is 0 Å². The van der Waals surface area contributed by atoms with Crippen LogP contribution in [0.2, 0.25) is 0 Å². The normalized spacial score (nSPS) is 23.6. The van der Waals surface area contributed by atoms with E-state index in [0.717, 1.165) is 5.92 Å². The van der Waals surface area contributed by atoms with Gasteiger partial charge in [0.05, 0.1) is 0 Å². The van der Waals surface area contributed by atoms with Gasteiger partial charge in [0.2, 0.25) is 0 Å². The summed E-state index contributed by atoms with van der Waals surface area (Å²) in [7, 11) is 0. The highest BCUT2D eigenvalue weighted by Gasteiger charge is 2.13. The molecule has 0 amide bonds. The molecule has 1 N–H and O–H groups in total. The Hall–Kier alpha value is -0.560. The van der Waals surface area contributed by atoms with Gasteiger partial charge in [-0.25, -0.2) is 0 Å². The van der Waals surface area contributed by atoms with Gasteiger partial charge in [-0.2, -0.15) is 0 Å². The molecule has 2 aliphatic rings. The molecule has 1 fully saturated rings. The van der Waals surface area contributed by atoms with Crippen molar-refractivity contribution in [2.24, 2.45) is 5.92 Å². The van der Waals surface area contributed by atoms with Crippen molar-refractivity contribution in [3.05, 3.63) is 23.8 Å². The first-order valence-corrected chi connectivity index (χ1v) is 6.00. The minimum absolute atomic E-state index is 0.989. The van der Waals surface area contributed by atoms with E-state index in [0.29, 0.717) is 0 Å². The monoisotopic (exact) mass is 191 g/mol. The van der Waals surface area contributed by atoms with Gasteiger partial charge >= 0.3 is 0 Å². The zero-order chi connectivity index (χ0) is 9.64. The largest absolute Gasteiger partial charge is 0.317 e. The van der Waals surface area contributed by atoms with Crippen LogP contribution in [0.5, 0.6) is 0 Å². The fourth-order valence-electron chi connectivity index (χ4n) is 2.42. The Kier molecular flexibility index (Phi) is 3.81. The first-order valence-electron chi connectivity index (χ1n) is 6.00. The van der Waals surface area contributed by atoms with Crippen LogP contribution >= 0.6 is 0 Å². The number of hydrogen-bond acceptors (Lipinski definition) is 1. The van der Waals surface area contributed by atoms with Gasteiger partial charge in [0.15, 0.2) is 0 Å². The van der Waals surface area contributed by atoms with Crippen molar-refractivity contribution < 1.29 is 0 Å². The van der Waals surface area contributed by atoms with E-state index in [-0.39, 0.29) is 0 Å². The summed E-state index contributed by atoms with van der Waals surface area (Å²) in [4.78, 5) is 0. The lowest BCUT2D eigenvalue weighted by molar-refractivity contribution is 0.353. The van der Waals surface area contributed by atoms with Crippen molar-refractivity contribution in [2.45, 2.75) is 38.5 Å². The summed E-state index contributed by atoms with van der Waals surface area (Å²) in [6, 6.07) is 0. The molecular formula is C13H21N. The molecule has 0 unspecified atom stereocenters. The van der Waals surface area contributed by atoms with Gasteiger partial charge in [0, 0.05) is 0 Å². The number of allylic oxidation sites excluding steroid dienone is 4. The summed E-state index contributed by atoms with van der Waals surface area (Å²) in [5, 5.41) is 3.43. The van der Waals surface area contributed by atoms with Crippen LogP contribution in [0.15, 0.2) is 23.8 Å². The molecule has 1 heteroatoms. The molecule has 1 saturated heterocycles. The SMILES string of the molecule is C1=CCCC(CCC2CCNCC2)=C1. The van der Waals surface area contributed by atoms with E-state index in [4.69, 9.17) is 0 Å². The molecule has 0 saturated carbocycles. The Morgan fingerprint density at radius 2 is 2.14 bits per heavy atom. The topological polar surface area (TPSA) is 12.0 Å². The highest BCUT2D eigenvalue weighted by atomic mass is 14.9. The van der Waals surface area contributed by atoms with Crippen LogP contribution in [0.25, 0.3) is 0 Å². The fourth-order valence-corrected chi connectivity index (χ4v) is 2.42. The summed E-state index contributed by atoms with van der Waals surface area (Å²) in [6.07, 6.45) is 14.9. The lowest BCUT2D eigenvalue weighted by Crippen LogP contribution is -2.27. The smallest absolute Gasteiger partial charge is 0.00463 e. The van der Waals surface area contributed by atoms with E-state index in [1.165, 1.54) is 51.6 Å². The molecule has 1 aliphatic carbocycles. The predicted octanol–water partition coefficient (Wildman–Crippen LogP) is 3.04. The Balaban J connectivity index is 1.70. The maximum atomic E-state index is 3.43. The Morgan fingerprint density at radius 1 is 1.29 bits per heavy atom. The van der Waals surface area contributed by atoms with E-state index in [9.17, 15) is 0 Å². The molecule has 0 bridgehead atoms. The molecule has 14 heavy (non-hydrogen) atoms. The highest BCUT2D eigenvalue weighted by Crippen LogP contribution is 2.23. The average Bonchev–Trinajstić information content (AvgIpc) is 2.29. The maximum Gasteiger partial charge on any atom is -0.00463 e. The molecular weight excluding hydrogens is 170 g/mol. The molecule has 0 aromatic carbocycles. The Labute approximate surface area is 87.3 Å². The summed E-state index contributed by atoms with van der Waals surface area (Å²) in [5.74, 6) is 0.989. The van der Waals surface area contributed by atoms with Gasteiger partial charge in [-0.1, -0.05) is 23.8 Å². The van der Waals surface area contributed by atoms with Crippen molar-refractivity contribution in [3.63, 3.8) is 0 Å². The fraction of sp³-hybridized carbons (Fsp3) is 0.692. The Bertz CT molecular complexity index is 221. The molecule has 0 aromatic rings. The third-order valence-electron chi connectivity index (χ3n) is 3.43. The second-order valence-electron chi connectivity index (χ2n) is 4.52. The van der Waals surface area contributed by atoms with Gasteiger partial charge < -0.3 is 5.32 Å². The molecule has 1 heterocycles. The zero-order valence-electron chi connectivity index (χ0n) is 8.97. The minimum atomic E-state index is 0.989. The van der Waals surface area contributed by atoms with E-state index in [1.807, 2.05) is 0 Å². The molecule has 1 nitrogen and oxygen atoms in total. The summed E-state index contributed by atoms with van der Waals surface area (Å²) in [5.41, 5.74) is 1.67. The van der Waals surface area contributed by atoms with Gasteiger partial charge in [0.1, 0.15) is 0 Å².